The molecule has 10 heterocycles. The average Bonchev–Trinajstić information content (AvgIpc) is 1.66. The first-order valence-corrected chi connectivity index (χ1v) is 42.1. The monoisotopic (exact) mass is 1840 g/mol. The van der Waals surface area contributed by atoms with Gasteiger partial charge in [0.15, 0.2) is 62.8 Å². The van der Waals surface area contributed by atoms with Crippen LogP contribution in [0.4, 0.5) is 26.3 Å². The Bertz CT molecular complexity index is 6310. The summed E-state index contributed by atoms with van der Waals surface area (Å²) in [7, 11) is 0. The zero-order valence-electron chi connectivity index (χ0n) is 67.1. The van der Waals surface area contributed by atoms with Gasteiger partial charge in [-0.1, -0.05) is 66.9 Å². The third-order valence-corrected chi connectivity index (χ3v) is 22.0. The van der Waals surface area contributed by atoms with Crippen LogP contribution in [0.25, 0.3) is 0 Å². The summed E-state index contributed by atoms with van der Waals surface area (Å²) in [6.45, 7) is 10.7. The molecule has 1 aliphatic carbocycles. The molecule has 0 bridgehead atoms. The van der Waals surface area contributed by atoms with Crippen LogP contribution in [0.3, 0.4) is 0 Å². The highest BCUT2D eigenvalue weighted by Gasteiger charge is 2.30. The standard InChI is InChI=1S/C20H20ClN3O2S.C18H14ClN3O2S.C17H12ClF2N3O2S.C17H11F2N3O2.C16H11F2N3O2S/c1-12-19(20(2,3)4)27-18(24-12)8-17(25)13-5-14(21)7-15(6-13)26-16-9-22-11-23-10-16;19-13-3-12(4-14(5-13)24-15-7-20-10-21-8-15)17(23)6-18-22-16(9-25-18)11-1-2-11;1-17(19,20)15-8-26-16(23-15)5-14(24)10-2-11(18)4-12(3-10)25-13-6-21-9-22-7-13;18-12-4-11(17(23)7-16-15(19)2-1-3-22-16)5-13(6-12)24-14-8-20-10-21-9-14;1-9-16(18)24-15(21-9)5-14(22)10-2-11(17)4-12(3-10)23-13-6-19-8-20-7-13/h5-7,9-11H,8H2,1-4H3;3-5,7-11H,1-2,6H2;2-4,6-9H,5H2,1H3;1-6,8-10H,7H2;2-4,6-8H,5H2,1H3. The van der Waals surface area contributed by atoms with Gasteiger partial charge in [-0.25, -0.2) is 82.9 Å². The normalized spacial score (nSPS) is 11.5. The van der Waals surface area contributed by atoms with Crippen molar-refractivity contribution in [3.63, 3.8) is 0 Å². The predicted molar refractivity (Wildman–Crippen MR) is 460 cm³/mol. The fraction of sp³-hybridized carbons (Fsp3) is 0.182. The molecule has 0 unspecified atom stereocenters. The van der Waals surface area contributed by atoms with E-state index in [9.17, 15) is 50.3 Å². The van der Waals surface area contributed by atoms with Crippen molar-refractivity contribution in [2.75, 3.05) is 0 Å². The number of benzene rings is 5. The van der Waals surface area contributed by atoms with Gasteiger partial charge in [0.05, 0.1) is 117 Å². The van der Waals surface area contributed by atoms with E-state index in [4.69, 9.17) is 58.5 Å². The first-order valence-electron chi connectivity index (χ1n) is 37.6. The zero-order chi connectivity index (χ0) is 89.6. The molecule has 0 amide bonds. The topological polar surface area (TPSA) is 325 Å². The Hall–Kier alpha value is -13.0. The second-order valence-electron chi connectivity index (χ2n) is 28.4. The lowest BCUT2D eigenvalue weighted by Crippen LogP contribution is -2.10. The van der Waals surface area contributed by atoms with E-state index >= 15 is 0 Å². The van der Waals surface area contributed by atoms with E-state index in [0.29, 0.717) is 93.7 Å². The maximum absolute atomic E-state index is 13.8. The summed E-state index contributed by atoms with van der Waals surface area (Å²) in [5.74, 6) is -2.00. The fourth-order valence-electron chi connectivity index (χ4n) is 11.3. The van der Waals surface area contributed by atoms with Gasteiger partial charge in [-0.3, -0.25) is 29.0 Å². The molecule has 0 radical (unpaired) electrons. The summed E-state index contributed by atoms with van der Waals surface area (Å²) < 4.78 is 109. The largest absolute Gasteiger partial charge is 0.454 e. The molecule has 126 heavy (non-hydrogen) atoms. The fourth-order valence-corrected chi connectivity index (χ4v) is 15.7. The van der Waals surface area contributed by atoms with Gasteiger partial charge in [0.25, 0.3) is 5.92 Å². The van der Waals surface area contributed by atoms with Gasteiger partial charge in [0, 0.05) is 89.7 Å². The van der Waals surface area contributed by atoms with E-state index in [-0.39, 0.29) is 100 Å². The zero-order valence-corrected chi connectivity index (χ0v) is 72.6. The highest BCUT2D eigenvalue weighted by atomic mass is 35.5. The number of Topliss-reactive ketones (excluding diaryl/α,β-unsaturated/α-hetero) is 5. The molecule has 0 atom stereocenters. The molecule has 1 aliphatic rings. The summed E-state index contributed by atoms with van der Waals surface area (Å²) in [5.41, 5.74) is 3.48. The molecule has 10 aromatic heterocycles. The van der Waals surface area contributed by atoms with Crippen LogP contribution in [0.1, 0.15) is 152 Å². The molecular weight excluding hydrogens is 1780 g/mol. The Kier molecular flexibility index (Phi) is 31.5. The van der Waals surface area contributed by atoms with Gasteiger partial charge in [-0.05, 0) is 123 Å². The minimum atomic E-state index is -3.04. The van der Waals surface area contributed by atoms with Gasteiger partial charge in [-0.2, -0.15) is 13.2 Å². The number of ether oxygens (including phenoxy) is 5. The molecule has 38 heteroatoms. The van der Waals surface area contributed by atoms with E-state index in [2.05, 4.69) is 101 Å². The molecule has 0 saturated heterocycles. The third kappa shape index (κ3) is 28.0. The van der Waals surface area contributed by atoms with E-state index < -0.39 is 34.3 Å². The van der Waals surface area contributed by atoms with E-state index in [1.807, 2.05) is 6.92 Å². The van der Waals surface area contributed by atoms with Crippen molar-refractivity contribution in [3.05, 3.63) is 333 Å². The van der Waals surface area contributed by atoms with Crippen LogP contribution in [0.5, 0.6) is 57.5 Å². The number of thiazole rings is 4. The summed E-state index contributed by atoms with van der Waals surface area (Å²) in [5, 5.41) is 6.37. The van der Waals surface area contributed by atoms with Gasteiger partial charge >= 0.3 is 0 Å². The first kappa shape index (κ1) is 92.2. The molecule has 0 N–H and O–H groups in total. The van der Waals surface area contributed by atoms with E-state index in [1.54, 1.807) is 78.6 Å². The molecule has 5 aromatic carbocycles. The van der Waals surface area contributed by atoms with E-state index in [0.717, 1.165) is 75.3 Å². The molecule has 0 aliphatic heterocycles. The molecule has 642 valence electrons. The maximum atomic E-state index is 13.8. The van der Waals surface area contributed by atoms with Crippen LogP contribution in [-0.4, -0.2) is 104 Å². The van der Waals surface area contributed by atoms with Crippen molar-refractivity contribution in [2.24, 2.45) is 0 Å². The minimum absolute atomic E-state index is 0.00527. The van der Waals surface area contributed by atoms with Crippen molar-refractivity contribution >= 4 is 109 Å². The number of carbonyl (C=O) groups is 5. The molecule has 15 aromatic rings. The Balaban J connectivity index is 0.000000143. The number of nitrogens with zero attached hydrogens (tertiary/aromatic N) is 15. The van der Waals surface area contributed by atoms with Crippen LogP contribution < -0.4 is 23.7 Å². The van der Waals surface area contributed by atoms with Crippen LogP contribution in [-0.2, 0) is 43.4 Å². The van der Waals surface area contributed by atoms with E-state index in [1.165, 1.54) is 153 Å². The quantitative estimate of drug-likeness (QED) is 0.0341. The van der Waals surface area contributed by atoms with Crippen molar-refractivity contribution in [3.8, 4) is 57.5 Å². The molecule has 25 nitrogen and oxygen atoms in total. The van der Waals surface area contributed by atoms with Crippen LogP contribution >= 0.6 is 80.1 Å². The predicted octanol–water partition coefficient (Wildman–Crippen LogP) is 22.1. The number of alkyl halides is 2. The second kappa shape index (κ2) is 43.0. The number of ketones is 5. The Morgan fingerprint density at radius 1 is 0.405 bits per heavy atom. The number of carbonyl (C=O) groups excluding carboxylic acids is 5. The Morgan fingerprint density at radius 3 is 1.09 bits per heavy atom. The van der Waals surface area contributed by atoms with Crippen molar-refractivity contribution in [2.45, 2.75) is 104 Å². The summed E-state index contributed by atoms with van der Waals surface area (Å²) in [4.78, 5) is 123. The third-order valence-electron chi connectivity index (χ3n) is 17.1. The maximum Gasteiger partial charge on any atom is 0.287 e. The SMILES string of the molecule is CC(F)(F)c1csc(CC(=O)c2cc(Cl)cc(Oc3cncnc3)c2)n1.Cc1nc(CC(=O)c2cc(Cl)cc(Oc3cncnc3)c2)sc1C(C)(C)C.Cc1nc(CC(=O)c2cc(F)cc(Oc3cncnc3)c2)sc1F.O=C(Cc1nc(C2CC2)cs1)c1cc(Cl)cc(Oc2cncnc2)c1.O=C(Cc1ncccc1F)c1cc(F)cc(Oc2cncnc2)c1. The lowest BCUT2D eigenvalue weighted by Gasteiger charge is -2.16. The lowest BCUT2D eigenvalue weighted by molar-refractivity contribution is 0.0132. The summed E-state index contributed by atoms with van der Waals surface area (Å²) in [6, 6.07) is 24.4. The van der Waals surface area contributed by atoms with Crippen LogP contribution in [0.2, 0.25) is 15.1 Å². The first-order chi connectivity index (χ1) is 60.3. The number of hydrogen-bond donors (Lipinski definition) is 0. The number of aryl methyl sites for hydroxylation is 2. The molecule has 1 saturated carbocycles. The van der Waals surface area contributed by atoms with Crippen molar-refractivity contribution in [1.82, 2.24) is 74.8 Å². The number of pyridine rings is 1. The molecule has 0 spiro atoms. The minimum Gasteiger partial charge on any atom is -0.454 e. The van der Waals surface area contributed by atoms with Crippen LogP contribution in [0, 0.1) is 36.4 Å². The Labute approximate surface area is 746 Å². The molecule has 1 fully saturated rings. The summed E-state index contributed by atoms with van der Waals surface area (Å²) in [6.07, 6.45) is 25.4. The highest BCUT2D eigenvalue weighted by molar-refractivity contribution is 7.12. The molecule has 16 rings (SSSR count). The highest BCUT2D eigenvalue weighted by Crippen LogP contribution is 2.41. The Morgan fingerprint density at radius 2 is 0.746 bits per heavy atom. The van der Waals surface area contributed by atoms with Crippen LogP contribution in [0.15, 0.2) is 214 Å². The van der Waals surface area contributed by atoms with Crippen molar-refractivity contribution < 1.29 is 74.0 Å². The smallest absolute Gasteiger partial charge is 0.287 e. The number of halogens is 9. The number of rotatable bonds is 27. The average molecular weight is 1840 g/mol. The second-order valence-corrected chi connectivity index (χ2v) is 33.7. The van der Waals surface area contributed by atoms with Gasteiger partial charge in [-0.15, -0.1) is 34.0 Å². The summed E-state index contributed by atoms with van der Waals surface area (Å²) >= 11 is 23.3. The van der Waals surface area contributed by atoms with Gasteiger partial charge < -0.3 is 23.7 Å². The van der Waals surface area contributed by atoms with Crippen molar-refractivity contribution in [1.29, 1.82) is 0 Å². The number of aromatic nitrogens is 15. The van der Waals surface area contributed by atoms with Gasteiger partial charge in [0.2, 0.25) is 0 Å². The molecular formula is C88H68Cl3F6N15O10S4. The van der Waals surface area contributed by atoms with Gasteiger partial charge in [0.1, 0.15) is 104 Å². The lowest BCUT2D eigenvalue weighted by atomic mass is 9.93. The number of hydrogen-bond acceptors (Lipinski definition) is 29.